The van der Waals surface area contributed by atoms with Gasteiger partial charge >= 0.3 is 0 Å². The van der Waals surface area contributed by atoms with E-state index in [2.05, 4.69) is 27.2 Å². The fraction of sp³-hybridized carbons (Fsp3) is 0.391. The largest absolute Gasteiger partial charge is 0.494 e. The van der Waals surface area contributed by atoms with Crippen LogP contribution in [0.4, 0.5) is 10.3 Å². The van der Waals surface area contributed by atoms with E-state index in [0.29, 0.717) is 41.3 Å². The molecule has 7 nitrogen and oxygen atoms in total. The number of benzene rings is 1. The van der Waals surface area contributed by atoms with Gasteiger partial charge in [0.2, 0.25) is 5.95 Å². The zero-order valence-electron chi connectivity index (χ0n) is 18.3. The number of hydrogen-bond acceptors (Lipinski definition) is 7. The van der Waals surface area contributed by atoms with Crippen LogP contribution in [-0.4, -0.2) is 52.0 Å². The molecule has 1 saturated heterocycles. The number of likely N-dealkylation sites (tertiary alicyclic amines) is 1. The van der Waals surface area contributed by atoms with Crippen LogP contribution in [0.1, 0.15) is 34.4 Å². The van der Waals surface area contributed by atoms with Crippen LogP contribution in [0.5, 0.6) is 5.75 Å². The lowest BCUT2D eigenvalue weighted by atomic mass is 9.90. The quantitative estimate of drug-likeness (QED) is 0.593. The highest BCUT2D eigenvalue weighted by atomic mass is 32.1. The number of anilines is 1. The van der Waals surface area contributed by atoms with Crippen molar-refractivity contribution in [3.05, 3.63) is 52.4 Å². The van der Waals surface area contributed by atoms with Crippen LogP contribution in [0.15, 0.2) is 36.7 Å². The van der Waals surface area contributed by atoms with Gasteiger partial charge in [-0.25, -0.2) is 19.3 Å². The number of piperidine rings is 1. The summed E-state index contributed by atoms with van der Waals surface area (Å²) in [5.74, 6) is 1.06. The highest BCUT2D eigenvalue weighted by Gasteiger charge is 2.34. The summed E-state index contributed by atoms with van der Waals surface area (Å²) in [6, 6.07) is 6.11. The van der Waals surface area contributed by atoms with Crippen molar-refractivity contribution in [2.75, 3.05) is 25.5 Å². The summed E-state index contributed by atoms with van der Waals surface area (Å²) in [7, 11) is 1.57. The Hall–Kier alpha value is -3.07. The van der Waals surface area contributed by atoms with E-state index in [9.17, 15) is 9.18 Å². The topological polar surface area (TPSA) is 80.2 Å². The van der Waals surface area contributed by atoms with Crippen molar-refractivity contribution < 1.29 is 13.9 Å². The normalized spacial score (nSPS) is 18.4. The molecule has 0 unspecified atom stereocenters. The molecule has 2 aromatic heterocycles. The predicted molar refractivity (Wildman–Crippen MR) is 123 cm³/mol. The molecule has 1 aliphatic heterocycles. The minimum atomic E-state index is -0.315. The fourth-order valence-corrected chi connectivity index (χ4v) is 4.92. The summed E-state index contributed by atoms with van der Waals surface area (Å²) in [6.45, 7) is 5.27. The second-order valence-electron chi connectivity index (χ2n) is 7.93. The first-order chi connectivity index (χ1) is 15.5. The maximum Gasteiger partial charge on any atom is 0.266 e. The molecule has 1 fully saturated rings. The van der Waals surface area contributed by atoms with Crippen molar-refractivity contribution >= 4 is 23.2 Å². The molecular formula is C23H26FN5O2S. The number of hydrogen-bond donors (Lipinski definition) is 1. The molecule has 3 aromatic rings. The third-order valence-corrected chi connectivity index (χ3v) is 6.71. The number of carbonyl (C=O) groups is 1. The van der Waals surface area contributed by atoms with E-state index in [1.54, 1.807) is 31.6 Å². The number of nitrogens with one attached hydrogen (secondary N) is 1. The molecule has 0 aliphatic carbocycles. The van der Waals surface area contributed by atoms with Gasteiger partial charge in [0.05, 0.1) is 36.2 Å². The predicted octanol–water partition coefficient (Wildman–Crippen LogP) is 4.41. The zero-order valence-corrected chi connectivity index (χ0v) is 19.2. The molecule has 3 heterocycles. The average Bonchev–Trinajstić information content (AvgIpc) is 3.20. The molecule has 168 valence electrons. The third-order valence-electron chi connectivity index (χ3n) is 5.76. The standard InChI is InChI=1S/C23H26FN5O2S/c1-14-5-4-10-29(19(14)13-27-23-25-11-18(31-3)12-26-23)22(30)21-20(28-15(2)32-21)16-6-8-17(24)9-7-16/h6-9,11-12,14,19H,4-5,10,13H2,1-3H3,(H,25,26,27)/t14-,19-/m1/s1. The molecule has 1 N–H and O–H groups in total. The van der Waals surface area contributed by atoms with Crippen molar-refractivity contribution in [2.45, 2.75) is 32.7 Å². The number of thiazole rings is 1. The SMILES string of the molecule is COc1cnc(NC[C@@H]2[C@H](C)CCCN2C(=O)c2sc(C)nc2-c2ccc(F)cc2)nc1. The van der Waals surface area contributed by atoms with Gasteiger partial charge in [-0.05, 0) is 49.9 Å². The van der Waals surface area contributed by atoms with Gasteiger partial charge in [0.25, 0.3) is 5.91 Å². The fourth-order valence-electron chi connectivity index (χ4n) is 4.03. The second kappa shape index (κ2) is 9.60. The monoisotopic (exact) mass is 455 g/mol. The summed E-state index contributed by atoms with van der Waals surface area (Å²) in [5, 5.41) is 4.07. The number of amides is 1. The van der Waals surface area contributed by atoms with E-state index in [0.717, 1.165) is 23.4 Å². The summed E-state index contributed by atoms with van der Waals surface area (Å²) in [6.07, 6.45) is 5.22. The first-order valence-electron chi connectivity index (χ1n) is 10.6. The molecule has 0 spiro atoms. The number of carbonyl (C=O) groups excluding carboxylic acids is 1. The lowest BCUT2D eigenvalue weighted by Crippen LogP contribution is -2.51. The van der Waals surface area contributed by atoms with Crippen molar-refractivity contribution in [3.8, 4) is 17.0 Å². The minimum absolute atomic E-state index is 0.00887. The molecule has 9 heteroatoms. The minimum Gasteiger partial charge on any atom is -0.494 e. The van der Waals surface area contributed by atoms with Crippen molar-refractivity contribution in [1.29, 1.82) is 0 Å². The van der Waals surface area contributed by atoms with Crippen LogP contribution in [-0.2, 0) is 0 Å². The van der Waals surface area contributed by atoms with Gasteiger partial charge in [0.15, 0.2) is 5.75 Å². The molecular weight excluding hydrogens is 429 g/mol. The summed E-state index contributed by atoms with van der Waals surface area (Å²) >= 11 is 1.38. The molecule has 4 rings (SSSR count). The van der Waals surface area contributed by atoms with Crippen molar-refractivity contribution in [3.63, 3.8) is 0 Å². The van der Waals surface area contributed by atoms with E-state index >= 15 is 0 Å². The van der Waals surface area contributed by atoms with Crippen LogP contribution in [0.25, 0.3) is 11.3 Å². The molecule has 32 heavy (non-hydrogen) atoms. The van der Waals surface area contributed by atoms with Gasteiger partial charge in [0, 0.05) is 18.7 Å². The number of methoxy groups -OCH3 is 1. The molecule has 0 bridgehead atoms. The maximum absolute atomic E-state index is 13.7. The van der Waals surface area contributed by atoms with E-state index in [-0.39, 0.29) is 17.8 Å². The molecule has 0 radical (unpaired) electrons. The highest BCUT2D eigenvalue weighted by Crippen LogP contribution is 2.32. The Labute approximate surface area is 190 Å². The van der Waals surface area contributed by atoms with E-state index in [4.69, 9.17) is 4.74 Å². The Morgan fingerprint density at radius 3 is 2.69 bits per heavy atom. The third kappa shape index (κ3) is 4.72. The number of ether oxygens (including phenoxy) is 1. The highest BCUT2D eigenvalue weighted by molar-refractivity contribution is 7.14. The molecule has 0 saturated carbocycles. The Bertz CT molecular complexity index is 1070. The summed E-state index contributed by atoms with van der Waals surface area (Å²) < 4.78 is 18.5. The van der Waals surface area contributed by atoms with E-state index < -0.39 is 0 Å². The van der Waals surface area contributed by atoms with Gasteiger partial charge in [-0.15, -0.1) is 11.3 Å². The van der Waals surface area contributed by atoms with Crippen molar-refractivity contribution in [1.82, 2.24) is 19.9 Å². The van der Waals surface area contributed by atoms with Gasteiger partial charge in [-0.2, -0.15) is 0 Å². The maximum atomic E-state index is 13.7. The zero-order chi connectivity index (χ0) is 22.7. The van der Waals surface area contributed by atoms with Crippen LogP contribution in [0, 0.1) is 18.7 Å². The van der Waals surface area contributed by atoms with E-state index in [1.165, 1.54) is 23.5 Å². The lowest BCUT2D eigenvalue weighted by molar-refractivity contribution is 0.0545. The molecule has 2 atom stereocenters. The first-order valence-corrected chi connectivity index (χ1v) is 11.4. The van der Waals surface area contributed by atoms with Crippen LogP contribution in [0.2, 0.25) is 0 Å². The number of halogens is 1. The van der Waals surface area contributed by atoms with Gasteiger partial charge in [-0.1, -0.05) is 6.92 Å². The number of rotatable bonds is 6. The summed E-state index contributed by atoms with van der Waals surface area (Å²) in [5.41, 5.74) is 1.35. The van der Waals surface area contributed by atoms with E-state index in [1.807, 2.05) is 11.8 Å². The number of aryl methyl sites for hydroxylation is 1. The molecule has 1 aromatic carbocycles. The van der Waals surface area contributed by atoms with Crippen LogP contribution < -0.4 is 10.1 Å². The number of aromatic nitrogens is 3. The Kier molecular flexibility index (Phi) is 6.64. The van der Waals surface area contributed by atoms with Crippen LogP contribution in [0.3, 0.4) is 0 Å². The summed E-state index contributed by atoms with van der Waals surface area (Å²) in [4.78, 5) is 29.3. The van der Waals surface area contributed by atoms with Crippen LogP contribution >= 0.6 is 11.3 Å². The second-order valence-corrected chi connectivity index (χ2v) is 9.13. The van der Waals surface area contributed by atoms with Crippen molar-refractivity contribution in [2.24, 2.45) is 5.92 Å². The Morgan fingerprint density at radius 1 is 1.28 bits per heavy atom. The number of nitrogens with zero attached hydrogens (tertiary/aromatic N) is 4. The lowest BCUT2D eigenvalue weighted by Gasteiger charge is -2.40. The molecule has 1 amide bonds. The Morgan fingerprint density at radius 2 is 2.00 bits per heavy atom. The average molecular weight is 456 g/mol. The molecule has 1 aliphatic rings. The first kappa shape index (κ1) is 22.1. The Balaban J connectivity index is 1.56. The smallest absolute Gasteiger partial charge is 0.266 e. The van der Waals surface area contributed by atoms with Gasteiger partial charge < -0.3 is 15.0 Å². The van der Waals surface area contributed by atoms with Gasteiger partial charge in [0.1, 0.15) is 10.7 Å². The van der Waals surface area contributed by atoms with Gasteiger partial charge in [-0.3, -0.25) is 4.79 Å².